The van der Waals surface area contributed by atoms with E-state index < -0.39 is 17.5 Å². The molecule has 3 aliphatic rings. The number of nitrogens with one attached hydrogen (secondary N) is 1. The number of carbonyl (C=O) groups is 1. The Morgan fingerprint density at radius 1 is 1.23 bits per heavy atom. The molecule has 190 valence electrons. The Bertz CT molecular complexity index is 1080. The van der Waals surface area contributed by atoms with Gasteiger partial charge in [-0.1, -0.05) is 6.92 Å². The van der Waals surface area contributed by atoms with Crippen molar-refractivity contribution in [2.24, 2.45) is 11.8 Å². The molecule has 1 aromatic heterocycles. The Hall–Kier alpha value is -2.72. The molecule has 1 aliphatic heterocycles. The highest BCUT2D eigenvalue weighted by atomic mass is 19.1. The smallest absolute Gasteiger partial charge is 0.298 e. The number of halogens is 2. The molecular formula is C25H32F2N4O4. The van der Waals surface area contributed by atoms with Crippen LogP contribution in [0.5, 0.6) is 5.75 Å². The first-order valence-electron chi connectivity index (χ1n) is 12.1. The van der Waals surface area contributed by atoms with Gasteiger partial charge in [-0.25, -0.2) is 8.78 Å². The lowest BCUT2D eigenvalue weighted by molar-refractivity contribution is -0.0379. The van der Waals surface area contributed by atoms with Gasteiger partial charge in [0, 0.05) is 24.9 Å². The van der Waals surface area contributed by atoms with Gasteiger partial charge in [-0.15, -0.1) is 0 Å². The zero-order valence-electron chi connectivity index (χ0n) is 20.6. The molecule has 8 nitrogen and oxygen atoms in total. The predicted octanol–water partition coefficient (Wildman–Crippen LogP) is 4.06. The van der Waals surface area contributed by atoms with Crippen molar-refractivity contribution in [1.29, 1.82) is 0 Å². The maximum atomic E-state index is 14.7. The van der Waals surface area contributed by atoms with E-state index in [0.717, 1.165) is 31.4 Å². The Morgan fingerprint density at radius 2 is 1.89 bits per heavy atom. The number of carbonyl (C=O) groups excluding carboxylic acids is 1. The van der Waals surface area contributed by atoms with Crippen LogP contribution in [0.15, 0.2) is 16.5 Å². The summed E-state index contributed by atoms with van der Waals surface area (Å²) in [7, 11) is 5.37. The summed E-state index contributed by atoms with van der Waals surface area (Å²) < 4.78 is 46.5. The first kappa shape index (κ1) is 24.0. The molecule has 1 saturated heterocycles. The van der Waals surface area contributed by atoms with E-state index in [1.165, 1.54) is 6.42 Å². The van der Waals surface area contributed by atoms with Gasteiger partial charge in [0.15, 0.2) is 28.8 Å². The highest BCUT2D eigenvalue weighted by molar-refractivity contribution is 6.03. The lowest BCUT2D eigenvalue weighted by atomic mass is 9.91. The molecule has 35 heavy (non-hydrogen) atoms. The quantitative estimate of drug-likeness (QED) is 0.568. The highest BCUT2D eigenvalue weighted by Crippen LogP contribution is 2.52. The zero-order valence-corrected chi connectivity index (χ0v) is 20.6. The summed E-state index contributed by atoms with van der Waals surface area (Å²) in [6.07, 6.45) is 3.56. The van der Waals surface area contributed by atoms with Gasteiger partial charge in [0.1, 0.15) is 5.60 Å². The van der Waals surface area contributed by atoms with Crippen LogP contribution < -0.4 is 15.0 Å². The number of nitrogens with zero attached hydrogens (tertiary/aromatic N) is 3. The maximum absolute atomic E-state index is 14.7. The van der Waals surface area contributed by atoms with Gasteiger partial charge < -0.3 is 29.0 Å². The van der Waals surface area contributed by atoms with E-state index in [9.17, 15) is 13.6 Å². The molecule has 0 radical (unpaired) electrons. The molecule has 5 rings (SSSR count). The lowest BCUT2D eigenvalue weighted by Gasteiger charge is -2.47. The summed E-state index contributed by atoms with van der Waals surface area (Å²) >= 11 is 0. The number of rotatable bonds is 9. The number of fused-ring (bicyclic) bond motifs is 1. The van der Waals surface area contributed by atoms with Gasteiger partial charge >= 0.3 is 0 Å². The molecular weight excluding hydrogens is 458 g/mol. The van der Waals surface area contributed by atoms with Crippen molar-refractivity contribution in [3.8, 4) is 5.75 Å². The molecule has 2 atom stereocenters. The largest absolute Gasteiger partial charge is 0.484 e. The van der Waals surface area contributed by atoms with E-state index in [-0.39, 0.29) is 28.8 Å². The van der Waals surface area contributed by atoms with Crippen LogP contribution in [-0.2, 0) is 11.3 Å². The average Bonchev–Trinajstić information content (AvgIpc) is 3.18. The molecule has 0 bridgehead atoms. The summed E-state index contributed by atoms with van der Waals surface area (Å²) in [6, 6.07) is 2.47. The van der Waals surface area contributed by atoms with Crippen LogP contribution in [0, 0.1) is 23.5 Å². The second-order valence-corrected chi connectivity index (χ2v) is 10.3. The number of amides is 1. The zero-order chi connectivity index (χ0) is 24.9. The molecule has 3 fully saturated rings. The summed E-state index contributed by atoms with van der Waals surface area (Å²) in [5, 5.41) is 2.56. The van der Waals surface area contributed by atoms with E-state index >= 15 is 0 Å². The molecule has 0 spiro atoms. The van der Waals surface area contributed by atoms with Crippen LogP contribution in [0.1, 0.15) is 48.9 Å². The van der Waals surface area contributed by atoms with Crippen molar-refractivity contribution in [3.05, 3.63) is 35.2 Å². The van der Waals surface area contributed by atoms with Crippen LogP contribution >= 0.6 is 0 Å². The fourth-order valence-electron chi connectivity index (χ4n) is 5.19. The van der Waals surface area contributed by atoms with Crippen molar-refractivity contribution in [2.75, 3.05) is 44.5 Å². The monoisotopic (exact) mass is 490 g/mol. The van der Waals surface area contributed by atoms with E-state index in [0.29, 0.717) is 43.2 Å². The van der Waals surface area contributed by atoms with E-state index in [4.69, 9.17) is 13.9 Å². The van der Waals surface area contributed by atoms with Crippen molar-refractivity contribution in [1.82, 2.24) is 9.88 Å². The van der Waals surface area contributed by atoms with Gasteiger partial charge in [-0.3, -0.25) is 4.79 Å². The molecule has 2 aromatic rings. The van der Waals surface area contributed by atoms with Gasteiger partial charge in [-0.2, -0.15) is 4.98 Å². The number of aromatic nitrogens is 1. The van der Waals surface area contributed by atoms with Gasteiger partial charge in [-0.05, 0) is 51.6 Å². The van der Waals surface area contributed by atoms with Gasteiger partial charge in [0.2, 0.25) is 0 Å². The Labute approximate surface area is 203 Å². The van der Waals surface area contributed by atoms with Crippen LogP contribution in [0.25, 0.3) is 0 Å². The number of ether oxygens (including phenoxy) is 2. The Morgan fingerprint density at radius 3 is 2.46 bits per heavy atom. The van der Waals surface area contributed by atoms with Crippen molar-refractivity contribution in [3.63, 3.8) is 0 Å². The minimum Gasteiger partial charge on any atom is -0.484 e. The molecule has 2 unspecified atom stereocenters. The lowest BCUT2D eigenvalue weighted by Crippen LogP contribution is -2.62. The first-order valence-corrected chi connectivity index (χ1v) is 12.1. The van der Waals surface area contributed by atoms with Gasteiger partial charge in [0.05, 0.1) is 25.7 Å². The second kappa shape index (κ2) is 9.05. The van der Waals surface area contributed by atoms with Crippen LogP contribution in [0.2, 0.25) is 0 Å². The fourth-order valence-corrected chi connectivity index (χ4v) is 5.19. The third-order valence-corrected chi connectivity index (χ3v) is 7.41. The minimum atomic E-state index is -0.841. The number of oxazole rings is 1. The molecule has 2 aliphatic carbocycles. The van der Waals surface area contributed by atoms with Crippen molar-refractivity contribution < 1.29 is 27.5 Å². The standard InChI is InChI=1S/C25H32F2N4O4/c1-5-25(33-4)12-31(13-25)24-29-21(20(35-24)11-30(2)3)23(32)28-16-9-18(26)22(19(27)10-16)34-17-7-14-6-15(14)8-17/h9-10,14-15,17H,5-8,11-13H2,1-4H3,(H,28,32). The highest BCUT2D eigenvalue weighted by Gasteiger charge is 2.47. The van der Waals surface area contributed by atoms with E-state index in [1.54, 1.807) is 7.11 Å². The first-order chi connectivity index (χ1) is 16.7. The minimum absolute atomic E-state index is 0.0136. The van der Waals surface area contributed by atoms with E-state index in [1.807, 2.05) is 23.9 Å². The van der Waals surface area contributed by atoms with Crippen LogP contribution in [0.3, 0.4) is 0 Å². The fraction of sp³-hybridized carbons (Fsp3) is 0.600. The predicted molar refractivity (Wildman–Crippen MR) is 126 cm³/mol. The third kappa shape index (κ3) is 4.73. The summed E-state index contributed by atoms with van der Waals surface area (Å²) in [5.74, 6) is -1.03. The number of hydrogen-bond acceptors (Lipinski definition) is 7. The normalized spacial score (nSPS) is 24.3. The number of methoxy groups -OCH3 is 1. The van der Waals surface area contributed by atoms with Crippen molar-refractivity contribution >= 4 is 17.6 Å². The second-order valence-electron chi connectivity index (χ2n) is 10.3. The summed E-state index contributed by atoms with van der Waals surface area (Å²) in [5.41, 5.74) is -0.192. The van der Waals surface area contributed by atoms with E-state index in [2.05, 4.69) is 17.2 Å². The number of anilines is 2. The number of hydrogen-bond donors (Lipinski definition) is 1. The molecule has 10 heteroatoms. The molecule has 2 saturated carbocycles. The maximum Gasteiger partial charge on any atom is 0.298 e. The molecule has 1 N–H and O–H groups in total. The Kier molecular flexibility index (Phi) is 6.21. The van der Waals surface area contributed by atoms with Gasteiger partial charge in [0.25, 0.3) is 11.9 Å². The molecule has 2 heterocycles. The summed E-state index contributed by atoms with van der Waals surface area (Å²) in [4.78, 5) is 21.2. The Balaban J connectivity index is 1.31. The molecule has 1 aromatic carbocycles. The van der Waals surface area contributed by atoms with Crippen LogP contribution in [0.4, 0.5) is 20.5 Å². The summed E-state index contributed by atoms with van der Waals surface area (Å²) in [6.45, 7) is 3.59. The average molecular weight is 491 g/mol. The topological polar surface area (TPSA) is 80.1 Å². The van der Waals surface area contributed by atoms with Crippen molar-refractivity contribution in [2.45, 2.75) is 50.9 Å². The number of benzene rings is 1. The SMILES string of the molecule is CCC1(OC)CN(c2nc(C(=O)Nc3cc(F)c(OC4CC5CC5C4)c(F)c3)c(CN(C)C)o2)C1. The van der Waals surface area contributed by atoms with Crippen LogP contribution in [-0.4, -0.2) is 61.8 Å². The third-order valence-electron chi connectivity index (χ3n) is 7.41. The molecule has 1 amide bonds.